The van der Waals surface area contributed by atoms with Crippen molar-refractivity contribution in [1.29, 1.82) is 0 Å². The zero-order valence-electron chi connectivity index (χ0n) is 12.2. The maximum Gasteiger partial charge on any atom is 0.109 e. The number of likely N-dealkylation sites (tertiary alicyclic amines) is 1. The van der Waals surface area contributed by atoms with Gasteiger partial charge in [-0.3, -0.25) is 0 Å². The Labute approximate surface area is 111 Å². The normalized spacial score (nSPS) is 34.2. The molecule has 5 atom stereocenters. The molecular weight excluding hydrogens is 220 g/mol. The van der Waals surface area contributed by atoms with Crippen LogP contribution in [0.1, 0.15) is 38.8 Å². The second-order valence-corrected chi connectivity index (χ2v) is 6.22. The molecule has 1 aliphatic rings. The SMILES string of the molecule is C[C@H]([NH2+][C@H]1C[C@@H](C)[NH+](C)C[C@H]1C)c1ccccc1. The zero-order chi connectivity index (χ0) is 13.1. The monoisotopic (exact) mass is 248 g/mol. The highest BCUT2D eigenvalue weighted by Gasteiger charge is 2.35. The van der Waals surface area contributed by atoms with Gasteiger partial charge < -0.3 is 10.2 Å². The van der Waals surface area contributed by atoms with Gasteiger partial charge in [0.25, 0.3) is 0 Å². The number of hydrogen-bond donors (Lipinski definition) is 2. The van der Waals surface area contributed by atoms with E-state index in [1.807, 2.05) is 0 Å². The van der Waals surface area contributed by atoms with Gasteiger partial charge in [-0.15, -0.1) is 0 Å². The van der Waals surface area contributed by atoms with Crippen molar-refractivity contribution in [1.82, 2.24) is 0 Å². The highest BCUT2D eigenvalue weighted by molar-refractivity contribution is 5.16. The van der Waals surface area contributed by atoms with Crippen LogP contribution in [0.25, 0.3) is 0 Å². The molecule has 100 valence electrons. The summed E-state index contributed by atoms with van der Waals surface area (Å²) in [5.74, 6) is 0.812. The third-order valence-electron chi connectivity index (χ3n) is 4.70. The van der Waals surface area contributed by atoms with Gasteiger partial charge in [0, 0.05) is 5.56 Å². The van der Waals surface area contributed by atoms with Gasteiger partial charge in [0.15, 0.2) is 0 Å². The molecular formula is C16H28N2+2. The van der Waals surface area contributed by atoms with Crippen LogP contribution in [0, 0.1) is 5.92 Å². The summed E-state index contributed by atoms with van der Waals surface area (Å²) in [7, 11) is 2.33. The van der Waals surface area contributed by atoms with Gasteiger partial charge in [-0.25, -0.2) is 0 Å². The third kappa shape index (κ3) is 3.12. The quantitative estimate of drug-likeness (QED) is 0.783. The average Bonchev–Trinajstić information content (AvgIpc) is 2.37. The molecule has 1 aliphatic heterocycles. The minimum Gasteiger partial charge on any atom is -0.337 e. The van der Waals surface area contributed by atoms with Gasteiger partial charge in [-0.2, -0.15) is 0 Å². The first kappa shape index (κ1) is 13.6. The standard InChI is InChI=1S/C16H26N2/c1-12-11-18(4)13(2)10-16(12)17-14(3)15-8-6-5-7-9-15/h5-9,12-14,16-17H,10-11H2,1-4H3/p+2/t12-,13-,14+,16+/m1/s1. The third-order valence-corrected chi connectivity index (χ3v) is 4.70. The maximum atomic E-state index is 2.59. The fourth-order valence-electron chi connectivity index (χ4n) is 3.21. The van der Waals surface area contributed by atoms with Crippen LogP contribution < -0.4 is 10.2 Å². The van der Waals surface area contributed by atoms with Crippen molar-refractivity contribution in [3.05, 3.63) is 35.9 Å². The highest BCUT2D eigenvalue weighted by atomic mass is 15.2. The van der Waals surface area contributed by atoms with Crippen LogP contribution in [0.2, 0.25) is 0 Å². The number of quaternary nitrogens is 2. The molecule has 0 saturated carbocycles. The van der Waals surface area contributed by atoms with E-state index in [2.05, 4.69) is 63.5 Å². The van der Waals surface area contributed by atoms with Gasteiger partial charge in [0.1, 0.15) is 12.1 Å². The predicted octanol–water partition coefficient (Wildman–Crippen LogP) is 0.623. The molecule has 1 aromatic carbocycles. The summed E-state index contributed by atoms with van der Waals surface area (Å²) in [6, 6.07) is 13.0. The van der Waals surface area contributed by atoms with E-state index in [0.717, 1.165) is 18.0 Å². The number of rotatable bonds is 3. The molecule has 0 spiro atoms. The van der Waals surface area contributed by atoms with E-state index in [1.54, 1.807) is 4.90 Å². The smallest absolute Gasteiger partial charge is 0.109 e. The van der Waals surface area contributed by atoms with Gasteiger partial charge in [-0.05, 0) is 13.8 Å². The number of hydrogen-bond acceptors (Lipinski definition) is 0. The zero-order valence-corrected chi connectivity index (χ0v) is 12.2. The van der Waals surface area contributed by atoms with Crippen LogP contribution in [-0.2, 0) is 0 Å². The van der Waals surface area contributed by atoms with E-state index in [4.69, 9.17) is 0 Å². The van der Waals surface area contributed by atoms with Crippen LogP contribution in [0.4, 0.5) is 0 Å². The van der Waals surface area contributed by atoms with E-state index < -0.39 is 0 Å². The minimum absolute atomic E-state index is 0.573. The molecule has 18 heavy (non-hydrogen) atoms. The fourth-order valence-corrected chi connectivity index (χ4v) is 3.21. The minimum atomic E-state index is 0.573. The Kier molecular flexibility index (Phi) is 4.41. The summed E-state index contributed by atoms with van der Waals surface area (Å²) in [5, 5.41) is 2.59. The lowest BCUT2D eigenvalue weighted by molar-refractivity contribution is -0.924. The van der Waals surface area contributed by atoms with Crippen molar-refractivity contribution in [2.24, 2.45) is 5.92 Å². The maximum absolute atomic E-state index is 2.59. The Hall–Kier alpha value is -0.860. The number of benzene rings is 1. The van der Waals surface area contributed by atoms with E-state index in [-0.39, 0.29) is 0 Å². The topological polar surface area (TPSA) is 21.1 Å². The van der Waals surface area contributed by atoms with Gasteiger partial charge in [-0.1, -0.05) is 37.3 Å². The Morgan fingerprint density at radius 2 is 1.89 bits per heavy atom. The molecule has 0 bridgehead atoms. The Morgan fingerprint density at radius 1 is 1.22 bits per heavy atom. The number of nitrogens with one attached hydrogen (secondary N) is 1. The Morgan fingerprint density at radius 3 is 2.56 bits per heavy atom. The molecule has 1 unspecified atom stereocenters. The van der Waals surface area contributed by atoms with E-state index in [0.29, 0.717) is 6.04 Å². The van der Waals surface area contributed by atoms with Crippen molar-refractivity contribution in [2.75, 3.05) is 13.6 Å². The summed E-state index contributed by atoms with van der Waals surface area (Å²) < 4.78 is 0. The molecule has 0 radical (unpaired) electrons. The lowest BCUT2D eigenvalue weighted by Gasteiger charge is -2.36. The summed E-state index contributed by atoms with van der Waals surface area (Å²) >= 11 is 0. The van der Waals surface area contributed by atoms with Gasteiger partial charge in [0.05, 0.1) is 32.0 Å². The van der Waals surface area contributed by atoms with Crippen LogP contribution in [0.15, 0.2) is 30.3 Å². The molecule has 0 amide bonds. The van der Waals surface area contributed by atoms with Crippen molar-refractivity contribution in [2.45, 2.75) is 45.3 Å². The Bertz CT molecular complexity index is 363. The molecule has 2 nitrogen and oxygen atoms in total. The summed E-state index contributed by atoms with van der Waals surface area (Å²) in [6.07, 6.45) is 1.34. The van der Waals surface area contributed by atoms with E-state index in [1.165, 1.54) is 18.5 Å². The largest absolute Gasteiger partial charge is 0.337 e. The average molecular weight is 248 g/mol. The lowest BCUT2D eigenvalue weighted by Crippen LogP contribution is -3.16. The first-order valence-electron chi connectivity index (χ1n) is 7.30. The molecule has 1 aromatic rings. The fraction of sp³-hybridized carbons (Fsp3) is 0.625. The molecule has 1 saturated heterocycles. The number of nitrogens with two attached hydrogens (primary N) is 1. The molecule has 1 heterocycles. The van der Waals surface area contributed by atoms with Gasteiger partial charge in [0.2, 0.25) is 0 Å². The molecule has 2 rings (SSSR count). The van der Waals surface area contributed by atoms with Crippen molar-refractivity contribution >= 4 is 0 Å². The number of piperidine rings is 1. The Balaban J connectivity index is 1.97. The predicted molar refractivity (Wildman–Crippen MR) is 75.6 cm³/mol. The summed E-state index contributed by atoms with van der Waals surface area (Å²) in [5.41, 5.74) is 1.45. The second-order valence-electron chi connectivity index (χ2n) is 6.22. The summed E-state index contributed by atoms with van der Waals surface area (Å²) in [4.78, 5) is 1.69. The van der Waals surface area contributed by atoms with Crippen LogP contribution in [0.5, 0.6) is 0 Å². The lowest BCUT2D eigenvalue weighted by atomic mass is 9.89. The van der Waals surface area contributed by atoms with Crippen LogP contribution in [0.3, 0.4) is 0 Å². The first-order valence-corrected chi connectivity index (χ1v) is 7.30. The van der Waals surface area contributed by atoms with E-state index >= 15 is 0 Å². The second kappa shape index (κ2) is 5.85. The molecule has 0 aromatic heterocycles. The molecule has 3 N–H and O–H groups in total. The van der Waals surface area contributed by atoms with Crippen molar-refractivity contribution in [3.8, 4) is 0 Å². The van der Waals surface area contributed by atoms with Crippen LogP contribution in [-0.4, -0.2) is 25.7 Å². The molecule has 2 heteroatoms. The highest BCUT2D eigenvalue weighted by Crippen LogP contribution is 2.12. The van der Waals surface area contributed by atoms with Crippen LogP contribution >= 0.6 is 0 Å². The summed E-state index contributed by atoms with van der Waals surface area (Å²) in [6.45, 7) is 8.44. The van der Waals surface area contributed by atoms with Gasteiger partial charge >= 0.3 is 0 Å². The molecule has 0 aliphatic carbocycles. The van der Waals surface area contributed by atoms with Crippen molar-refractivity contribution < 1.29 is 10.2 Å². The van der Waals surface area contributed by atoms with Crippen molar-refractivity contribution in [3.63, 3.8) is 0 Å². The first-order chi connectivity index (χ1) is 8.58. The van der Waals surface area contributed by atoms with E-state index in [9.17, 15) is 0 Å². The molecule has 1 fully saturated rings.